The molecule has 3 heterocycles. The maximum absolute atomic E-state index is 13.3. The lowest BCUT2D eigenvalue weighted by atomic mass is 10.1. The number of imidazole rings is 1. The third-order valence-corrected chi connectivity index (χ3v) is 7.36. The zero-order chi connectivity index (χ0) is 28.5. The fourth-order valence-electron chi connectivity index (χ4n) is 4.70. The standard InChI is InChI=1S/C28H25ClN10O2/c1-31-23-14-32-27-26(33-19-5-6-19)35-28(36-39(23)27)34-21-11-18(13-30)12-22(25(21)29)38-10-9-37(16-24(38)40)15-17-3-7-20(41-2)8-4-17/h3-4,7-8,11-12,14,19H,5-6,9-10,15-16H2,2H3,(H2,33,34,35,36). The number of halogens is 1. The number of piperazine rings is 1. The number of ether oxygens (including phenoxy) is 1. The van der Waals surface area contributed by atoms with Gasteiger partial charge in [0.2, 0.25) is 5.91 Å². The number of nitriles is 1. The van der Waals surface area contributed by atoms with Crippen molar-refractivity contribution in [2.45, 2.75) is 25.4 Å². The number of aromatic nitrogens is 4. The van der Waals surface area contributed by atoms with Gasteiger partial charge in [0.05, 0.1) is 47.9 Å². The minimum absolute atomic E-state index is 0.124. The van der Waals surface area contributed by atoms with Crippen LogP contribution in [0.25, 0.3) is 10.5 Å². The number of carbonyl (C=O) groups is 1. The Morgan fingerprint density at radius 1 is 1.24 bits per heavy atom. The highest BCUT2D eigenvalue weighted by molar-refractivity contribution is 6.36. The van der Waals surface area contributed by atoms with Crippen LogP contribution in [0.15, 0.2) is 42.6 Å². The molecule has 2 fully saturated rings. The van der Waals surface area contributed by atoms with Gasteiger partial charge in [0.25, 0.3) is 17.4 Å². The molecule has 0 atom stereocenters. The second-order valence-electron chi connectivity index (χ2n) is 9.86. The molecule has 2 aromatic heterocycles. The number of nitrogens with zero attached hydrogens (tertiary/aromatic N) is 8. The van der Waals surface area contributed by atoms with Crippen molar-refractivity contribution in [1.29, 1.82) is 5.26 Å². The first-order valence-electron chi connectivity index (χ1n) is 13.0. The summed E-state index contributed by atoms with van der Waals surface area (Å²) < 4.78 is 6.64. The van der Waals surface area contributed by atoms with Gasteiger partial charge in [-0.15, -0.1) is 4.52 Å². The van der Waals surface area contributed by atoms with Gasteiger partial charge >= 0.3 is 0 Å². The molecule has 0 unspecified atom stereocenters. The van der Waals surface area contributed by atoms with Crippen molar-refractivity contribution >= 4 is 52.1 Å². The van der Waals surface area contributed by atoms with Crippen molar-refractivity contribution in [2.24, 2.45) is 0 Å². The van der Waals surface area contributed by atoms with E-state index in [1.807, 2.05) is 24.3 Å². The normalized spacial score (nSPS) is 15.4. The number of nitrogens with one attached hydrogen (secondary N) is 2. The Hall–Kier alpha value is -4.91. The van der Waals surface area contributed by atoms with Crippen molar-refractivity contribution in [1.82, 2.24) is 24.5 Å². The summed E-state index contributed by atoms with van der Waals surface area (Å²) in [6, 6.07) is 13.4. The molecule has 2 N–H and O–H groups in total. The van der Waals surface area contributed by atoms with Crippen LogP contribution >= 0.6 is 11.6 Å². The number of fused-ring (bicyclic) bond motifs is 1. The molecule has 6 rings (SSSR count). The zero-order valence-corrected chi connectivity index (χ0v) is 22.9. The summed E-state index contributed by atoms with van der Waals surface area (Å²) in [5.74, 6) is 1.56. The summed E-state index contributed by atoms with van der Waals surface area (Å²) in [5.41, 5.74) is 2.65. The molecule has 0 radical (unpaired) electrons. The third kappa shape index (κ3) is 5.43. The van der Waals surface area contributed by atoms with Crippen LogP contribution in [0.2, 0.25) is 5.02 Å². The van der Waals surface area contributed by atoms with Crippen LogP contribution in [-0.4, -0.2) is 63.2 Å². The molecule has 206 valence electrons. The molecule has 13 heteroatoms. The highest BCUT2D eigenvalue weighted by atomic mass is 35.5. The average Bonchev–Trinajstić information content (AvgIpc) is 3.70. The van der Waals surface area contributed by atoms with Crippen molar-refractivity contribution in [3.05, 3.63) is 70.2 Å². The Kier molecular flexibility index (Phi) is 7.01. The average molecular weight is 569 g/mol. The molecule has 41 heavy (non-hydrogen) atoms. The van der Waals surface area contributed by atoms with E-state index < -0.39 is 0 Å². The molecule has 1 aliphatic heterocycles. The van der Waals surface area contributed by atoms with Gasteiger partial charge in [-0.3, -0.25) is 9.69 Å². The molecule has 12 nitrogen and oxygen atoms in total. The number of amides is 1. The zero-order valence-electron chi connectivity index (χ0n) is 22.1. The number of methoxy groups -OCH3 is 1. The third-order valence-electron chi connectivity index (χ3n) is 6.96. The van der Waals surface area contributed by atoms with Crippen LogP contribution in [0.4, 0.5) is 29.0 Å². The van der Waals surface area contributed by atoms with E-state index in [0.717, 1.165) is 24.2 Å². The van der Waals surface area contributed by atoms with Crippen molar-refractivity contribution in [2.75, 3.05) is 42.3 Å². The van der Waals surface area contributed by atoms with Crippen LogP contribution in [0.5, 0.6) is 5.75 Å². The Morgan fingerprint density at radius 3 is 2.73 bits per heavy atom. The maximum Gasteiger partial charge on any atom is 0.275 e. The number of hydrogen-bond donors (Lipinski definition) is 2. The molecule has 0 spiro atoms. The van der Waals surface area contributed by atoms with Crippen LogP contribution in [0.3, 0.4) is 0 Å². The van der Waals surface area contributed by atoms with Crippen LogP contribution in [-0.2, 0) is 11.3 Å². The fraction of sp³-hybridized carbons (Fsp3) is 0.286. The predicted octanol–water partition coefficient (Wildman–Crippen LogP) is 4.38. The topological polar surface area (TPSA) is 128 Å². The minimum atomic E-state index is -0.124. The molecule has 1 amide bonds. The van der Waals surface area contributed by atoms with E-state index in [2.05, 4.69) is 41.5 Å². The number of carbonyl (C=O) groups excluding carboxylic acids is 1. The first-order chi connectivity index (χ1) is 19.9. The second kappa shape index (κ2) is 10.9. The van der Waals surface area contributed by atoms with E-state index in [9.17, 15) is 10.1 Å². The largest absolute Gasteiger partial charge is 0.497 e. The van der Waals surface area contributed by atoms with Crippen LogP contribution in [0, 0.1) is 17.9 Å². The Balaban J connectivity index is 1.26. The van der Waals surface area contributed by atoms with Gasteiger partial charge in [-0.2, -0.15) is 10.2 Å². The molecular weight excluding hydrogens is 544 g/mol. The minimum Gasteiger partial charge on any atom is -0.497 e. The molecule has 2 aliphatic rings. The van der Waals surface area contributed by atoms with E-state index in [-0.39, 0.29) is 29.2 Å². The summed E-state index contributed by atoms with van der Waals surface area (Å²) in [7, 11) is 1.63. The Morgan fingerprint density at radius 2 is 2.05 bits per heavy atom. The highest BCUT2D eigenvalue weighted by Gasteiger charge is 2.29. The van der Waals surface area contributed by atoms with Gasteiger partial charge < -0.3 is 25.1 Å². The smallest absolute Gasteiger partial charge is 0.275 e. The quantitative estimate of drug-likeness (QED) is 0.298. The molecule has 1 aliphatic carbocycles. The molecule has 1 saturated carbocycles. The fourth-order valence-corrected chi connectivity index (χ4v) is 4.96. The van der Waals surface area contributed by atoms with E-state index in [1.54, 1.807) is 24.1 Å². The lowest BCUT2D eigenvalue weighted by Gasteiger charge is -2.35. The molecule has 4 aromatic rings. The first-order valence-corrected chi connectivity index (χ1v) is 13.4. The number of hydrogen-bond acceptors (Lipinski definition) is 9. The number of rotatable bonds is 8. The summed E-state index contributed by atoms with van der Waals surface area (Å²) >= 11 is 6.84. The van der Waals surface area contributed by atoms with Crippen molar-refractivity contribution < 1.29 is 9.53 Å². The van der Waals surface area contributed by atoms with Gasteiger partial charge in [0.15, 0.2) is 5.82 Å². The number of anilines is 4. The SMILES string of the molecule is [C-]#[N+]c1cnc2c(NC3CC3)nc(Nc3cc(C#N)cc(N4CCN(Cc5ccc(OC)cc5)CC4=O)c3Cl)nn12. The van der Waals surface area contributed by atoms with E-state index >= 15 is 0 Å². The summed E-state index contributed by atoms with van der Waals surface area (Å²) in [6.45, 7) is 9.33. The Labute approximate surface area is 240 Å². The van der Waals surface area contributed by atoms with Crippen molar-refractivity contribution in [3.8, 4) is 11.8 Å². The van der Waals surface area contributed by atoms with E-state index in [0.29, 0.717) is 54.1 Å². The van der Waals surface area contributed by atoms with Gasteiger partial charge in [0.1, 0.15) is 5.75 Å². The molecular formula is C28H25ClN10O2. The molecule has 0 bridgehead atoms. The second-order valence-corrected chi connectivity index (χ2v) is 10.2. The number of benzene rings is 2. The summed E-state index contributed by atoms with van der Waals surface area (Å²) in [6.07, 6.45) is 3.49. The predicted molar refractivity (Wildman–Crippen MR) is 154 cm³/mol. The summed E-state index contributed by atoms with van der Waals surface area (Å²) in [5, 5.41) is 20.9. The van der Waals surface area contributed by atoms with Crippen LogP contribution in [0.1, 0.15) is 24.0 Å². The summed E-state index contributed by atoms with van der Waals surface area (Å²) in [4.78, 5) is 29.3. The lowest BCUT2D eigenvalue weighted by molar-refractivity contribution is -0.121. The lowest BCUT2D eigenvalue weighted by Crippen LogP contribution is -2.50. The van der Waals surface area contributed by atoms with Gasteiger partial charge in [-0.25, -0.2) is 4.98 Å². The van der Waals surface area contributed by atoms with E-state index in [1.165, 1.54) is 10.7 Å². The molecule has 2 aromatic carbocycles. The van der Waals surface area contributed by atoms with Gasteiger partial charge in [0, 0.05) is 25.7 Å². The monoisotopic (exact) mass is 568 g/mol. The van der Waals surface area contributed by atoms with Gasteiger partial charge in [-0.05, 0) is 42.7 Å². The maximum atomic E-state index is 13.3. The molecule has 1 saturated heterocycles. The van der Waals surface area contributed by atoms with E-state index in [4.69, 9.17) is 22.9 Å². The first kappa shape index (κ1) is 26.3. The van der Waals surface area contributed by atoms with Crippen molar-refractivity contribution in [3.63, 3.8) is 0 Å². The van der Waals surface area contributed by atoms with Gasteiger partial charge in [-0.1, -0.05) is 35.4 Å². The highest BCUT2D eigenvalue weighted by Crippen LogP contribution is 2.37. The van der Waals surface area contributed by atoms with Crippen LogP contribution < -0.4 is 20.3 Å². The Bertz CT molecular complexity index is 1720.